The van der Waals surface area contributed by atoms with Crippen LogP contribution in [0.3, 0.4) is 0 Å². The molecule has 0 bridgehead atoms. The molecule has 6 nitrogen and oxygen atoms in total. The molecule has 0 aromatic carbocycles. The van der Waals surface area contributed by atoms with E-state index >= 15 is 0 Å². The van der Waals surface area contributed by atoms with Crippen molar-refractivity contribution in [3.63, 3.8) is 0 Å². The van der Waals surface area contributed by atoms with E-state index in [0.29, 0.717) is 30.7 Å². The molecule has 6 atom stereocenters. The van der Waals surface area contributed by atoms with Gasteiger partial charge in [0.15, 0.2) is 0 Å². The summed E-state index contributed by atoms with van der Waals surface area (Å²) in [4.78, 5) is 32.6. The zero-order valence-electron chi connectivity index (χ0n) is 22.2. The number of allylic oxidation sites excluding steroid dienone is 2. The minimum Gasteiger partial charge on any atom is -0.355 e. The topological polar surface area (TPSA) is 66.7 Å². The Hall–Kier alpha value is -2.63. The lowest BCUT2D eigenvalue weighted by Crippen LogP contribution is -2.55. The molecule has 1 N–H and O–H groups in total. The number of hydrogen-bond acceptors (Lipinski definition) is 3. The third-order valence-electron chi connectivity index (χ3n) is 10.7. The molecule has 192 valence electrons. The number of rotatable bonds is 4. The van der Waals surface area contributed by atoms with E-state index in [9.17, 15) is 9.59 Å². The van der Waals surface area contributed by atoms with Crippen molar-refractivity contribution in [1.82, 2.24) is 19.6 Å². The number of carbonyl (C=O) groups is 2. The molecule has 3 fully saturated rings. The number of nitrogens with one attached hydrogen (secondary N) is 1. The van der Waals surface area contributed by atoms with Crippen molar-refractivity contribution in [2.75, 3.05) is 13.6 Å². The van der Waals surface area contributed by atoms with Crippen molar-refractivity contribution in [3.8, 4) is 0 Å². The number of amides is 2. The van der Waals surface area contributed by atoms with Gasteiger partial charge in [-0.15, -0.1) is 0 Å². The summed E-state index contributed by atoms with van der Waals surface area (Å²) in [5.74, 6) is 2.42. The molecule has 6 rings (SSSR count). The summed E-state index contributed by atoms with van der Waals surface area (Å²) in [5, 5.41) is 3.28. The van der Waals surface area contributed by atoms with Crippen LogP contribution in [0.2, 0.25) is 0 Å². The van der Waals surface area contributed by atoms with Crippen molar-refractivity contribution >= 4 is 17.5 Å². The molecule has 0 unspecified atom stereocenters. The molecule has 0 radical (unpaired) electrons. The Morgan fingerprint density at radius 3 is 2.81 bits per heavy atom. The fourth-order valence-electron chi connectivity index (χ4n) is 9.08. The van der Waals surface area contributed by atoms with E-state index in [1.54, 1.807) is 0 Å². The van der Waals surface area contributed by atoms with Gasteiger partial charge in [-0.25, -0.2) is 4.98 Å². The zero-order valence-corrected chi connectivity index (χ0v) is 22.2. The van der Waals surface area contributed by atoms with Crippen LogP contribution >= 0.6 is 0 Å². The highest BCUT2D eigenvalue weighted by Crippen LogP contribution is 2.66. The standard InChI is InChI=1S/C30H40N4O2/c1-19-17-21-22-8-9-24(28(36)31-15-12-20-18-34-16-6-5-7-25(34)32-20)29(22,2)13-10-23(21)30(3)14-11-26(35)33(4)27(19)30/h5-7,16,18,21-24H,8-15,17H2,1-4H3,(H,31,36)/t21-,22-,23-,24+,29-,30+/m0/s1. The van der Waals surface area contributed by atoms with Gasteiger partial charge in [0.2, 0.25) is 11.8 Å². The zero-order chi connectivity index (χ0) is 25.2. The molecule has 36 heavy (non-hydrogen) atoms. The number of aromatic nitrogens is 2. The van der Waals surface area contributed by atoms with E-state index in [4.69, 9.17) is 0 Å². The van der Waals surface area contributed by atoms with Gasteiger partial charge in [0.05, 0.1) is 5.69 Å². The second-order valence-electron chi connectivity index (χ2n) is 12.5. The van der Waals surface area contributed by atoms with Crippen LogP contribution in [0.4, 0.5) is 0 Å². The molecule has 2 saturated carbocycles. The summed E-state index contributed by atoms with van der Waals surface area (Å²) < 4.78 is 2.03. The summed E-state index contributed by atoms with van der Waals surface area (Å²) in [6.07, 6.45) is 11.9. The number of pyridine rings is 1. The summed E-state index contributed by atoms with van der Waals surface area (Å²) in [5.41, 5.74) is 4.83. The van der Waals surface area contributed by atoms with Crippen LogP contribution in [0.5, 0.6) is 0 Å². The fraction of sp³-hybridized carbons (Fsp3) is 0.633. The summed E-state index contributed by atoms with van der Waals surface area (Å²) >= 11 is 0. The number of hydrogen-bond donors (Lipinski definition) is 1. The van der Waals surface area contributed by atoms with Crippen LogP contribution in [-0.2, 0) is 16.0 Å². The summed E-state index contributed by atoms with van der Waals surface area (Å²) in [6.45, 7) is 7.71. The molecule has 1 saturated heterocycles. The van der Waals surface area contributed by atoms with Crippen LogP contribution in [0.25, 0.3) is 5.65 Å². The maximum absolute atomic E-state index is 13.5. The molecular formula is C30H40N4O2. The minimum atomic E-state index is 0.0683. The highest BCUT2D eigenvalue weighted by molar-refractivity contribution is 5.80. The molecular weight excluding hydrogens is 448 g/mol. The van der Waals surface area contributed by atoms with Crippen LogP contribution in [0.1, 0.15) is 71.4 Å². The fourth-order valence-corrected chi connectivity index (χ4v) is 9.08. The Kier molecular flexibility index (Phi) is 5.58. The largest absolute Gasteiger partial charge is 0.355 e. The number of carbonyl (C=O) groups excluding carboxylic acids is 2. The first kappa shape index (κ1) is 23.7. The number of piperidine rings is 1. The van der Waals surface area contributed by atoms with Crippen LogP contribution in [-0.4, -0.2) is 39.7 Å². The third kappa shape index (κ3) is 3.47. The molecule has 3 heterocycles. The van der Waals surface area contributed by atoms with Crippen LogP contribution < -0.4 is 5.32 Å². The van der Waals surface area contributed by atoms with Crippen molar-refractivity contribution in [3.05, 3.63) is 47.6 Å². The molecule has 6 heteroatoms. The maximum atomic E-state index is 13.5. The van der Waals surface area contributed by atoms with Gasteiger partial charge in [-0.05, 0) is 80.8 Å². The number of imidazole rings is 1. The van der Waals surface area contributed by atoms with E-state index in [1.807, 2.05) is 40.7 Å². The Morgan fingerprint density at radius 2 is 2.00 bits per heavy atom. The van der Waals surface area contributed by atoms with Gasteiger partial charge < -0.3 is 14.6 Å². The molecule has 2 amide bonds. The Balaban J connectivity index is 1.16. The molecule has 3 aliphatic carbocycles. The predicted molar refractivity (Wildman–Crippen MR) is 140 cm³/mol. The predicted octanol–water partition coefficient (Wildman–Crippen LogP) is 4.99. The Morgan fingerprint density at radius 1 is 1.17 bits per heavy atom. The second kappa shape index (κ2) is 8.46. The Labute approximate surface area is 214 Å². The lowest BCUT2D eigenvalue weighted by molar-refractivity contribution is -0.138. The molecule has 2 aromatic heterocycles. The van der Waals surface area contributed by atoms with E-state index in [1.165, 1.54) is 11.3 Å². The van der Waals surface area contributed by atoms with Gasteiger partial charge in [-0.3, -0.25) is 9.59 Å². The first-order valence-corrected chi connectivity index (χ1v) is 13.9. The van der Waals surface area contributed by atoms with E-state index in [0.717, 1.165) is 56.3 Å². The quantitative estimate of drug-likeness (QED) is 0.660. The van der Waals surface area contributed by atoms with Gasteiger partial charge in [0, 0.05) is 55.9 Å². The van der Waals surface area contributed by atoms with E-state index < -0.39 is 0 Å². The first-order chi connectivity index (χ1) is 17.2. The maximum Gasteiger partial charge on any atom is 0.226 e. The highest BCUT2D eigenvalue weighted by Gasteiger charge is 2.61. The van der Waals surface area contributed by atoms with Crippen molar-refractivity contribution in [2.24, 2.45) is 34.5 Å². The highest BCUT2D eigenvalue weighted by atomic mass is 16.2. The lowest BCUT2D eigenvalue weighted by atomic mass is 9.48. The normalized spacial score (nSPS) is 36.0. The molecule has 1 aliphatic heterocycles. The average Bonchev–Trinajstić information content (AvgIpc) is 3.42. The first-order valence-electron chi connectivity index (χ1n) is 13.9. The van der Waals surface area contributed by atoms with Crippen LogP contribution in [0, 0.1) is 34.5 Å². The molecule has 2 aromatic rings. The van der Waals surface area contributed by atoms with E-state index in [2.05, 4.69) is 37.3 Å². The molecule has 4 aliphatic rings. The summed E-state index contributed by atoms with van der Waals surface area (Å²) in [6, 6.07) is 6.01. The van der Waals surface area contributed by atoms with Gasteiger partial charge in [-0.1, -0.05) is 25.5 Å². The van der Waals surface area contributed by atoms with Crippen molar-refractivity contribution < 1.29 is 9.59 Å². The SMILES string of the molecule is CC1=C2N(C)C(=O)CC[C@]2(C)[C@H]2CC[C@]3(C)[C@@H](C(=O)NCCc4cn5ccccc5n4)CC[C@H]3[C@@H]2C1. The number of fused-ring (bicyclic) bond motifs is 6. The second-order valence-corrected chi connectivity index (χ2v) is 12.5. The summed E-state index contributed by atoms with van der Waals surface area (Å²) in [7, 11) is 1.98. The van der Waals surface area contributed by atoms with Crippen molar-refractivity contribution in [2.45, 2.75) is 72.1 Å². The Bertz CT molecular complexity index is 1210. The minimum absolute atomic E-state index is 0.0683. The third-order valence-corrected chi connectivity index (χ3v) is 10.7. The lowest BCUT2D eigenvalue weighted by Gasteiger charge is -2.59. The number of nitrogens with zero attached hydrogens (tertiary/aromatic N) is 3. The molecule has 0 spiro atoms. The van der Waals surface area contributed by atoms with Gasteiger partial charge in [-0.2, -0.15) is 0 Å². The van der Waals surface area contributed by atoms with Gasteiger partial charge in [0.25, 0.3) is 0 Å². The van der Waals surface area contributed by atoms with Crippen LogP contribution in [0.15, 0.2) is 41.9 Å². The van der Waals surface area contributed by atoms with Gasteiger partial charge in [0.1, 0.15) is 5.65 Å². The number of likely N-dealkylation sites (tertiary alicyclic amines) is 1. The van der Waals surface area contributed by atoms with Gasteiger partial charge >= 0.3 is 0 Å². The van der Waals surface area contributed by atoms with E-state index in [-0.39, 0.29) is 28.6 Å². The monoisotopic (exact) mass is 488 g/mol. The average molecular weight is 489 g/mol. The smallest absolute Gasteiger partial charge is 0.226 e. The van der Waals surface area contributed by atoms with Crippen molar-refractivity contribution in [1.29, 1.82) is 0 Å².